The Kier molecular flexibility index (Phi) is 5.67. The van der Waals surface area contributed by atoms with Crippen molar-refractivity contribution in [2.45, 2.75) is 57.8 Å². The van der Waals surface area contributed by atoms with Gasteiger partial charge in [0.25, 0.3) is 5.56 Å². The maximum Gasteiger partial charge on any atom is 0.345 e. The number of benzene rings is 2. The lowest BCUT2D eigenvalue weighted by molar-refractivity contribution is -0.00518. The van der Waals surface area contributed by atoms with Crippen LogP contribution in [0.15, 0.2) is 52.3 Å². The number of carbonyl (C=O) groups excluding carboxylic acids is 1. The number of halogens is 1. The minimum atomic E-state index is -0.512. The number of hydrogen-bond donors (Lipinski definition) is 2. The fraction of sp³-hybridized carbons (Fsp3) is 0.414. The molecule has 1 heterocycles. The number of aromatic amines is 1. The van der Waals surface area contributed by atoms with Gasteiger partial charge in [0, 0.05) is 22.6 Å². The van der Waals surface area contributed by atoms with Crippen LogP contribution in [0.5, 0.6) is 0 Å². The molecule has 0 saturated heterocycles. The standard InChI is InChI=1S/C29H31ClN4O2/c1-17-3-8-24(12-26(17)30)34-27(35)25(18(2)33-34)16-31-28(36)32-23-6-4-22(5-7-23)29-13-19-9-20(14-29)11-21(10-19)15-29/h3-8,12,16,19-21,33H,9-11,13-15H2,1-2H3,(H,32,36). The largest absolute Gasteiger partial charge is 0.345 e. The van der Waals surface area contributed by atoms with Crippen molar-refractivity contribution in [3.05, 3.63) is 80.2 Å². The Hall–Kier alpha value is -3.12. The van der Waals surface area contributed by atoms with Crippen LogP contribution in [0.1, 0.15) is 60.9 Å². The minimum Gasteiger partial charge on any atom is -0.306 e. The number of hydrogen-bond acceptors (Lipinski definition) is 2. The van der Waals surface area contributed by atoms with Crippen molar-refractivity contribution in [3.63, 3.8) is 0 Å². The molecule has 7 heteroatoms. The maximum absolute atomic E-state index is 12.9. The van der Waals surface area contributed by atoms with E-state index < -0.39 is 6.03 Å². The zero-order valence-electron chi connectivity index (χ0n) is 20.7. The predicted molar refractivity (Wildman–Crippen MR) is 144 cm³/mol. The number of urea groups is 1. The molecule has 0 unspecified atom stereocenters. The van der Waals surface area contributed by atoms with E-state index in [-0.39, 0.29) is 5.56 Å². The third-order valence-electron chi connectivity index (χ3n) is 8.63. The fourth-order valence-electron chi connectivity index (χ4n) is 7.26. The van der Waals surface area contributed by atoms with Gasteiger partial charge in [0.15, 0.2) is 0 Å². The number of aliphatic imine (C=N–C) groups is 1. The van der Waals surface area contributed by atoms with Gasteiger partial charge in [0.1, 0.15) is 0 Å². The van der Waals surface area contributed by atoms with E-state index in [4.69, 9.17) is 11.6 Å². The minimum absolute atomic E-state index is 0.288. The second-order valence-corrected chi connectivity index (χ2v) is 11.6. The highest BCUT2D eigenvalue weighted by molar-refractivity contribution is 6.31. The molecule has 2 amide bonds. The maximum atomic E-state index is 12.9. The fourth-order valence-corrected chi connectivity index (χ4v) is 7.44. The second kappa shape index (κ2) is 8.77. The third kappa shape index (κ3) is 4.11. The molecule has 0 atom stereocenters. The van der Waals surface area contributed by atoms with Gasteiger partial charge >= 0.3 is 6.03 Å². The van der Waals surface area contributed by atoms with Crippen LogP contribution >= 0.6 is 11.6 Å². The molecule has 186 valence electrons. The molecule has 4 saturated carbocycles. The van der Waals surface area contributed by atoms with Gasteiger partial charge in [-0.25, -0.2) is 14.5 Å². The lowest BCUT2D eigenvalue weighted by Crippen LogP contribution is -2.48. The van der Waals surface area contributed by atoms with Gasteiger partial charge in [0.2, 0.25) is 0 Å². The van der Waals surface area contributed by atoms with Gasteiger partial charge < -0.3 is 5.32 Å². The Balaban J connectivity index is 1.15. The molecule has 2 aromatic carbocycles. The zero-order valence-corrected chi connectivity index (χ0v) is 21.4. The van der Waals surface area contributed by atoms with Crippen molar-refractivity contribution in [2.75, 3.05) is 5.32 Å². The summed E-state index contributed by atoms with van der Waals surface area (Å²) in [5.41, 5.74) is 4.69. The van der Waals surface area contributed by atoms with Crippen LogP contribution < -0.4 is 10.9 Å². The number of amides is 2. The van der Waals surface area contributed by atoms with Crippen LogP contribution in [0, 0.1) is 31.6 Å². The molecule has 2 N–H and O–H groups in total. The van der Waals surface area contributed by atoms with Crippen LogP contribution in [-0.4, -0.2) is 22.0 Å². The lowest BCUT2D eigenvalue weighted by Gasteiger charge is -2.57. The van der Waals surface area contributed by atoms with E-state index in [1.807, 2.05) is 31.2 Å². The number of carbonyl (C=O) groups is 1. The average molecular weight is 503 g/mol. The molecule has 4 bridgehead atoms. The van der Waals surface area contributed by atoms with Crippen molar-refractivity contribution in [1.29, 1.82) is 0 Å². The first-order chi connectivity index (χ1) is 17.3. The predicted octanol–water partition coefficient (Wildman–Crippen LogP) is 6.55. The van der Waals surface area contributed by atoms with E-state index in [1.54, 1.807) is 13.0 Å². The number of nitrogens with one attached hydrogen (secondary N) is 2. The summed E-state index contributed by atoms with van der Waals surface area (Å²) in [6, 6.07) is 13.2. The van der Waals surface area contributed by atoms with Crippen molar-refractivity contribution in [3.8, 4) is 5.69 Å². The van der Waals surface area contributed by atoms with E-state index in [9.17, 15) is 9.59 Å². The first-order valence-corrected chi connectivity index (χ1v) is 13.2. The summed E-state index contributed by atoms with van der Waals surface area (Å²) in [5, 5.41) is 6.44. The van der Waals surface area contributed by atoms with Crippen LogP contribution in [0.25, 0.3) is 5.69 Å². The molecule has 4 aliphatic carbocycles. The summed E-state index contributed by atoms with van der Waals surface area (Å²) in [4.78, 5) is 29.4. The number of nitrogens with zero attached hydrogens (tertiary/aromatic N) is 2. The molecule has 7 rings (SSSR count). The van der Waals surface area contributed by atoms with Gasteiger partial charge in [-0.05, 0) is 111 Å². The Bertz CT molecular complexity index is 1380. The van der Waals surface area contributed by atoms with Crippen LogP contribution in [0.4, 0.5) is 10.5 Å². The number of H-pyrrole nitrogens is 1. The highest BCUT2D eigenvalue weighted by Gasteiger charge is 2.51. The third-order valence-corrected chi connectivity index (χ3v) is 9.04. The van der Waals surface area contributed by atoms with E-state index in [0.29, 0.717) is 33.1 Å². The number of rotatable bonds is 4. The van der Waals surface area contributed by atoms with Crippen molar-refractivity contribution in [1.82, 2.24) is 9.78 Å². The molecule has 0 spiro atoms. The van der Waals surface area contributed by atoms with E-state index in [1.165, 1.54) is 55.0 Å². The molecular formula is C29H31ClN4O2. The first-order valence-electron chi connectivity index (χ1n) is 12.8. The average Bonchev–Trinajstić information content (AvgIpc) is 3.12. The summed E-state index contributed by atoms with van der Waals surface area (Å²) in [6.45, 7) is 3.68. The van der Waals surface area contributed by atoms with E-state index >= 15 is 0 Å². The second-order valence-electron chi connectivity index (χ2n) is 11.2. The molecular weight excluding hydrogens is 472 g/mol. The normalized spacial score (nSPS) is 26.6. The summed E-state index contributed by atoms with van der Waals surface area (Å²) in [7, 11) is 0. The van der Waals surface area contributed by atoms with Gasteiger partial charge in [-0.15, -0.1) is 0 Å². The molecule has 3 aromatic rings. The van der Waals surface area contributed by atoms with Crippen molar-refractivity contribution < 1.29 is 4.79 Å². The van der Waals surface area contributed by atoms with Crippen LogP contribution in [-0.2, 0) is 5.41 Å². The van der Waals surface area contributed by atoms with E-state index in [0.717, 1.165) is 23.3 Å². The van der Waals surface area contributed by atoms with Crippen LogP contribution in [0.2, 0.25) is 5.02 Å². The number of aryl methyl sites for hydroxylation is 2. The molecule has 0 radical (unpaired) electrons. The quantitative estimate of drug-likeness (QED) is 0.396. The molecule has 0 aliphatic heterocycles. The van der Waals surface area contributed by atoms with Crippen LogP contribution in [0.3, 0.4) is 0 Å². The molecule has 6 nitrogen and oxygen atoms in total. The summed E-state index contributed by atoms with van der Waals surface area (Å²) in [6.07, 6.45) is 9.55. The summed E-state index contributed by atoms with van der Waals surface area (Å²) < 4.78 is 1.41. The van der Waals surface area contributed by atoms with Crippen molar-refractivity contribution >= 4 is 29.5 Å². The topological polar surface area (TPSA) is 79.2 Å². The Morgan fingerprint density at radius 2 is 1.69 bits per heavy atom. The summed E-state index contributed by atoms with van der Waals surface area (Å²) in [5.74, 6) is 2.69. The highest BCUT2D eigenvalue weighted by Crippen LogP contribution is 2.60. The number of anilines is 1. The van der Waals surface area contributed by atoms with E-state index in [2.05, 4.69) is 27.5 Å². The molecule has 36 heavy (non-hydrogen) atoms. The smallest absolute Gasteiger partial charge is 0.306 e. The van der Waals surface area contributed by atoms with Gasteiger partial charge in [-0.3, -0.25) is 9.89 Å². The lowest BCUT2D eigenvalue weighted by atomic mass is 9.48. The molecule has 4 aliphatic rings. The van der Waals surface area contributed by atoms with Gasteiger partial charge in [-0.2, -0.15) is 0 Å². The Morgan fingerprint density at radius 3 is 2.31 bits per heavy atom. The zero-order chi connectivity index (χ0) is 25.0. The highest BCUT2D eigenvalue weighted by atomic mass is 35.5. The van der Waals surface area contributed by atoms with Gasteiger partial charge in [-0.1, -0.05) is 29.8 Å². The SMILES string of the molecule is Cc1ccc(-n2[nH]c(C)c(C=NC(=O)Nc3ccc(C45CC6CC(CC(C6)C4)C5)cc3)c2=O)cc1Cl. The molecule has 4 fully saturated rings. The first kappa shape index (κ1) is 23.3. The summed E-state index contributed by atoms with van der Waals surface area (Å²) >= 11 is 6.22. The van der Waals surface area contributed by atoms with Gasteiger partial charge in [0.05, 0.1) is 11.3 Å². The van der Waals surface area contributed by atoms with Crippen molar-refractivity contribution in [2.24, 2.45) is 22.7 Å². The number of aromatic nitrogens is 2. The Labute approximate surface area is 215 Å². The monoisotopic (exact) mass is 502 g/mol. The molecule has 1 aromatic heterocycles. The Morgan fingerprint density at radius 1 is 1.06 bits per heavy atom.